The van der Waals surface area contributed by atoms with Crippen LogP contribution in [0.15, 0.2) is 22.7 Å². The maximum absolute atomic E-state index is 12.8. The molecular weight excluding hydrogens is 339 g/mol. The molecule has 0 atom stereocenters. The van der Waals surface area contributed by atoms with E-state index in [4.69, 9.17) is 5.11 Å². The lowest BCUT2D eigenvalue weighted by Gasteiger charge is -2.21. The molecule has 0 aliphatic heterocycles. The number of aliphatic hydroxyl groups excluding tert-OH is 1. The van der Waals surface area contributed by atoms with Crippen molar-refractivity contribution in [2.45, 2.75) is 19.5 Å². The fourth-order valence-corrected chi connectivity index (χ4v) is 2.24. The van der Waals surface area contributed by atoms with Gasteiger partial charge in [0.25, 0.3) is 5.91 Å². The Kier molecular flexibility index (Phi) is 6.01. The topological polar surface area (TPSA) is 40.5 Å². The van der Waals surface area contributed by atoms with Crippen molar-refractivity contribution in [3.63, 3.8) is 0 Å². The summed E-state index contributed by atoms with van der Waals surface area (Å²) in [6.45, 7) is 2.11. The van der Waals surface area contributed by atoms with E-state index in [2.05, 4.69) is 15.9 Å². The minimum Gasteiger partial charge on any atom is -0.395 e. The second kappa shape index (κ2) is 7.08. The summed E-state index contributed by atoms with van der Waals surface area (Å²) in [7, 11) is 0. The molecule has 0 bridgehead atoms. The molecular formula is C13H15BrF3NO2. The molecule has 7 heteroatoms. The van der Waals surface area contributed by atoms with E-state index in [9.17, 15) is 18.0 Å². The molecule has 1 amide bonds. The van der Waals surface area contributed by atoms with Gasteiger partial charge in [-0.05, 0) is 24.6 Å². The molecule has 0 heterocycles. The molecule has 0 saturated carbocycles. The lowest BCUT2D eigenvalue weighted by atomic mass is 10.1. The SMILES string of the molecule is CCCN(CCO)C(=O)c1ccc(Br)c(C(F)(F)F)c1. The monoisotopic (exact) mass is 353 g/mol. The Bertz CT molecular complexity index is 471. The lowest BCUT2D eigenvalue weighted by Crippen LogP contribution is -2.34. The summed E-state index contributed by atoms with van der Waals surface area (Å²) in [5.74, 6) is -0.515. The largest absolute Gasteiger partial charge is 0.417 e. The summed E-state index contributed by atoms with van der Waals surface area (Å²) in [5.41, 5.74) is -0.925. The average Bonchev–Trinajstić information content (AvgIpc) is 2.37. The van der Waals surface area contributed by atoms with Crippen LogP contribution in [0.2, 0.25) is 0 Å². The van der Waals surface area contributed by atoms with Crippen LogP contribution in [0.25, 0.3) is 0 Å². The number of hydrogen-bond acceptors (Lipinski definition) is 2. The van der Waals surface area contributed by atoms with Crippen LogP contribution in [0.5, 0.6) is 0 Å². The molecule has 3 nitrogen and oxygen atoms in total. The van der Waals surface area contributed by atoms with Gasteiger partial charge in [-0.15, -0.1) is 0 Å². The van der Waals surface area contributed by atoms with Crippen molar-refractivity contribution in [1.82, 2.24) is 4.90 Å². The fourth-order valence-electron chi connectivity index (χ4n) is 1.76. The molecule has 20 heavy (non-hydrogen) atoms. The molecule has 0 aliphatic carbocycles. The maximum atomic E-state index is 12.8. The molecule has 112 valence electrons. The average molecular weight is 354 g/mol. The van der Waals surface area contributed by atoms with Crippen molar-refractivity contribution >= 4 is 21.8 Å². The Morgan fingerprint density at radius 1 is 1.35 bits per heavy atom. The summed E-state index contributed by atoms with van der Waals surface area (Å²) >= 11 is 2.83. The third kappa shape index (κ3) is 4.21. The summed E-state index contributed by atoms with van der Waals surface area (Å²) in [6, 6.07) is 3.37. The number of carbonyl (C=O) groups is 1. The molecule has 0 aliphatic rings. The maximum Gasteiger partial charge on any atom is 0.417 e. The Morgan fingerprint density at radius 2 is 2.00 bits per heavy atom. The highest BCUT2D eigenvalue weighted by Crippen LogP contribution is 2.35. The Labute approximate surface area is 123 Å². The van der Waals surface area contributed by atoms with E-state index in [0.29, 0.717) is 13.0 Å². The van der Waals surface area contributed by atoms with E-state index in [1.165, 1.54) is 17.0 Å². The second-order valence-electron chi connectivity index (χ2n) is 4.21. The molecule has 0 unspecified atom stereocenters. The number of benzene rings is 1. The van der Waals surface area contributed by atoms with Gasteiger partial charge in [0.15, 0.2) is 0 Å². The van der Waals surface area contributed by atoms with E-state index in [1.807, 2.05) is 6.92 Å². The first kappa shape index (κ1) is 17.0. The molecule has 1 rings (SSSR count). The summed E-state index contributed by atoms with van der Waals surface area (Å²) < 4.78 is 38.3. The van der Waals surface area contributed by atoms with Crippen molar-refractivity contribution in [1.29, 1.82) is 0 Å². The number of rotatable bonds is 5. The summed E-state index contributed by atoms with van der Waals surface area (Å²) in [4.78, 5) is 13.5. The van der Waals surface area contributed by atoms with Gasteiger partial charge in [-0.2, -0.15) is 13.2 Å². The third-order valence-corrected chi connectivity index (χ3v) is 3.36. The van der Waals surface area contributed by atoms with Gasteiger partial charge in [-0.25, -0.2) is 0 Å². The first-order chi connectivity index (χ1) is 9.31. The van der Waals surface area contributed by atoms with E-state index in [0.717, 1.165) is 6.07 Å². The zero-order chi connectivity index (χ0) is 15.3. The van der Waals surface area contributed by atoms with Gasteiger partial charge >= 0.3 is 6.18 Å². The van der Waals surface area contributed by atoms with Gasteiger partial charge in [0.1, 0.15) is 0 Å². The standard InChI is InChI=1S/C13H15BrF3NO2/c1-2-5-18(6-7-19)12(20)9-3-4-11(14)10(8-9)13(15,16)17/h3-4,8,19H,2,5-7H2,1H3. The molecule has 1 aromatic carbocycles. The Hall–Kier alpha value is -1.08. The lowest BCUT2D eigenvalue weighted by molar-refractivity contribution is -0.138. The van der Waals surface area contributed by atoms with Crippen molar-refractivity contribution in [3.8, 4) is 0 Å². The van der Waals surface area contributed by atoms with Crippen LogP contribution in [0.1, 0.15) is 29.3 Å². The number of aliphatic hydroxyl groups is 1. The van der Waals surface area contributed by atoms with Gasteiger partial charge < -0.3 is 10.0 Å². The summed E-state index contributed by atoms with van der Waals surface area (Å²) in [6.07, 6.45) is -3.86. The molecule has 0 saturated heterocycles. The van der Waals surface area contributed by atoms with Gasteiger partial charge in [0.05, 0.1) is 12.2 Å². The smallest absolute Gasteiger partial charge is 0.395 e. The Morgan fingerprint density at radius 3 is 2.50 bits per heavy atom. The van der Waals surface area contributed by atoms with E-state index < -0.39 is 17.6 Å². The van der Waals surface area contributed by atoms with Crippen LogP contribution < -0.4 is 0 Å². The van der Waals surface area contributed by atoms with Crippen LogP contribution in [0, 0.1) is 0 Å². The van der Waals surface area contributed by atoms with E-state index in [-0.39, 0.29) is 23.2 Å². The van der Waals surface area contributed by atoms with Crippen LogP contribution >= 0.6 is 15.9 Å². The van der Waals surface area contributed by atoms with Crippen LogP contribution in [-0.4, -0.2) is 35.6 Å². The molecule has 1 N–H and O–H groups in total. The van der Waals surface area contributed by atoms with Gasteiger partial charge in [-0.3, -0.25) is 4.79 Å². The van der Waals surface area contributed by atoms with Crippen molar-refractivity contribution in [2.24, 2.45) is 0 Å². The predicted molar refractivity (Wildman–Crippen MR) is 72.4 cm³/mol. The number of alkyl halides is 3. The van der Waals surface area contributed by atoms with Gasteiger partial charge in [-0.1, -0.05) is 22.9 Å². The highest BCUT2D eigenvalue weighted by Gasteiger charge is 2.33. The van der Waals surface area contributed by atoms with Crippen molar-refractivity contribution in [2.75, 3.05) is 19.7 Å². The number of halogens is 4. The highest BCUT2D eigenvalue weighted by molar-refractivity contribution is 9.10. The second-order valence-corrected chi connectivity index (χ2v) is 5.06. The normalized spacial score (nSPS) is 11.5. The quantitative estimate of drug-likeness (QED) is 0.882. The molecule has 1 aromatic rings. The predicted octanol–water partition coefficient (Wildman–Crippen LogP) is 3.31. The minimum absolute atomic E-state index is 0.0394. The van der Waals surface area contributed by atoms with Crippen molar-refractivity contribution in [3.05, 3.63) is 33.8 Å². The van der Waals surface area contributed by atoms with Gasteiger partial charge in [0, 0.05) is 23.1 Å². The molecule has 0 spiro atoms. The number of carbonyl (C=O) groups excluding carboxylic acids is 1. The van der Waals surface area contributed by atoms with E-state index >= 15 is 0 Å². The minimum atomic E-state index is -4.53. The Balaban J connectivity index is 3.10. The molecule has 0 fully saturated rings. The highest BCUT2D eigenvalue weighted by atomic mass is 79.9. The summed E-state index contributed by atoms with van der Waals surface area (Å²) in [5, 5.41) is 8.91. The first-order valence-electron chi connectivity index (χ1n) is 6.08. The van der Waals surface area contributed by atoms with Crippen molar-refractivity contribution < 1.29 is 23.1 Å². The van der Waals surface area contributed by atoms with Crippen LogP contribution in [0.4, 0.5) is 13.2 Å². The number of amides is 1. The van der Waals surface area contributed by atoms with Gasteiger partial charge in [0.2, 0.25) is 0 Å². The fraction of sp³-hybridized carbons (Fsp3) is 0.462. The molecule has 0 aromatic heterocycles. The molecule has 0 radical (unpaired) electrons. The van der Waals surface area contributed by atoms with E-state index in [1.54, 1.807) is 0 Å². The zero-order valence-electron chi connectivity index (χ0n) is 10.9. The zero-order valence-corrected chi connectivity index (χ0v) is 12.5. The van der Waals surface area contributed by atoms with Crippen LogP contribution in [-0.2, 0) is 6.18 Å². The third-order valence-electron chi connectivity index (χ3n) is 2.67. The number of hydrogen-bond donors (Lipinski definition) is 1. The van der Waals surface area contributed by atoms with Crippen LogP contribution in [0.3, 0.4) is 0 Å². The number of nitrogens with zero attached hydrogens (tertiary/aromatic N) is 1. The first-order valence-corrected chi connectivity index (χ1v) is 6.87.